The van der Waals surface area contributed by atoms with Crippen LogP contribution in [-0.4, -0.2) is 40.9 Å². The lowest BCUT2D eigenvalue weighted by Crippen LogP contribution is -2.43. The summed E-state index contributed by atoms with van der Waals surface area (Å²) in [7, 11) is 0. The number of nitrogens with one attached hydrogen (secondary N) is 1. The molecule has 1 aliphatic rings. The van der Waals surface area contributed by atoms with Gasteiger partial charge in [-0.05, 0) is 17.7 Å². The maximum Gasteiger partial charge on any atom is 0.160 e. The molecule has 5 nitrogen and oxygen atoms in total. The Hall–Kier alpha value is -2.40. The minimum atomic E-state index is 0.752. The standard InChI is InChI=1S/C17H19N5/c1-2-4-14(5-3-1)13-22-17-15(12-19-22)6-7-16(20-17)21-10-8-18-9-11-21/h1-7,12,18H,8-11,13H2. The first-order chi connectivity index (χ1) is 10.9. The largest absolute Gasteiger partial charge is 0.354 e. The van der Waals surface area contributed by atoms with Gasteiger partial charge in [-0.1, -0.05) is 30.3 Å². The lowest BCUT2D eigenvalue weighted by molar-refractivity contribution is 0.585. The van der Waals surface area contributed by atoms with Gasteiger partial charge in [-0.2, -0.15) is 5.10 Å². The zero-order valence-corrected chi connectivity index (χ0v) is 12.4. The summed E-state index contributed by atoms with van der Waals surface area (Å²) in [5, 5.41) is 8.97. The van der Waals surface area contributed by atoms with Crippen molar-refractivity contribution < 1.29 is 0 Å². The minimum absolute atomic E-state index is 0.752. The molecular weight excluding hydrogens is 274 g/mol. The van der Waals surface area contributed by atoms with E-state index in [0.29, 0.717) is 0 Å². The van der Waals surface area contributed by atoms with Crippen LogP contribution < -0.4 is 10.2 Å². The number of piperazine rings is 1. The van der Waals surface area contributed by atoms with Crippen molar-refractivity contribution in [2.45, 2.75) is 6.54 Å². The van der Waals surface area contributed by atoms with E-state index in [1.807, 2.05) is 16.9 Å². The highest BCUT2D eigenvalue weighted by Crippen LogP contribution is 2.19. The summed E-state index contributed by atoms with van der Waals surface area (Å²) in [5.74, 6) is 1.05. The molecule has 0 saturated carbocycles. The molecule has 3 aromatic rings. The van der Waals surface area contributed by atoms with Gasteiger partial charge in [0.2, 0.25) is 0 Å². The summed E-state index contributed by atoms with van der Waals surface area (Å²) >= 11 is 0. The van der Waals surface area contributed by atoms with Crippen LogP contribution >= 0.6 is 0 Å². The van der Waals surface area contributed by atoms with Crippen molar-refractivity contribution in [2.24, 2.45) is 0 Å². The van der Waals surface area contributed by atoms with Crippen molar-refractivity contribution in [2.75, 3.05) is 31.1 Å². The minimum Gasteiger partial charge on any atom is -0.354 e. The number of hydrogen-bond donors (Lipinski definition) is 1. The van der Waals surface area contributed by atoms with Crippen LogP contribution in [0, 0.1) is 0 Å². The molecule has 22 heavy (non-hydrogen) atoms. The molecule has 1 saturated heterocycles. The van der Waals surface area contributed by atoms with E-state index in [1.54, 1.807) is 0 Å². The molecule has 1 fully saturated rings. The van der Waals surface area contributed by atoms with E-state index in [1.165, 1.54) is 5.56 Å². The van der Waals surface area contributed by atoms with Crippen LogP contribution in [0.15, 0.2) is 48.7 Å². The number of anilines is 1. The molecule has 0 bridgehead atoms. The van der Waals surface area contributed by atoms with Gasteiger partial charge in [0.1, 0.15) is 5.82 Å². The summed E-state index contributed by atoms with van der Waals surface area (Å²) in [6.45, 7) is 4.80. The number of hydrogen-bond acceptors (Lipinski definition) is 4. The molecule has 5 heteroatoms. The molecule has 0 spiro atoms. The Bertz CT molecular complexity index is 759. The van der Waals surface area contributed by atoms with Crippen molar-refractivity contribution in [1.82, 2.24) is 20.1 Å². The third kappa shape index (κ3) is 2.55. The molecule has 1 aliphatic heterocycles. The number of aromatic nitrogens is 3. The lowest BCUT2D eigenvalue weighted by atomic mass is 10.2. The van der Waals surface area contributed by atoms with Gasteiger partial charge >= 0.3 is 0 Å². The van der Waals surface area contributed by atoms with Crippen LogP contribution in [-0.2, 0) is 6.54 Å². The first kappa shape index (κ1) is 13.3. The molecule has 1 aromatic carbocycles. The van der Waals surface area contributed by atoms with Crippen LogP contribution in [0.3, 0.4) is 0 Å². The highest BCUT2D eigenvalue weighted by molar-refractivity contribution is 5.76. The summed E-state index contributed by atoms with van der Waals surface area (Å²) in [5.41, 5.74) is 2.20. The number of fused-ring (bicyclic) bond motifs is 1. The molecule has 3 heterocycles. The Morgan fingerprint density at radius 2 is 1.82 bits per heavy atom. The molecule has 0 amide bonds. The second-order valence-corrected chi connectivity index (χ2v) is 5.61. The fraction of sp³-hybridized carbons (Fsp3) is 0.294. The molecular formula is C17H19N5. The number of pyridine rings is 1. The predicted octanol–water partition coefficient (Wildman–Crippen LogP) is 1.89. The SMILES string of the molecule is c1ccc(Cn2ncc3ccc(N4CCNCC4)nc32)cc1. The molecule has 4 rings (SSSR count). The third-order valence-electron chi connectivity index (χ3n) is 4.09. The highest BCUT2D eigenvalue weighted by Gasteiger charge is 2.13. The summed E-state index contributed by atoms with van der Waals surface area (Å²) in [6, 6.07) is 14.6. The molecule has 0 aliphatic carbocycles. The fourth-order valence-corrected chi connectivity index (χ4v) is 2.89. The topological polar surface area (TPSA) is 46.0 Å². The highest BCUT2D eigenvalue weighted by atomic mass is 15.3. The van der Waals surface area contributed by atoms with Crippen molar-refractivity contribution in [3.05, 3.63) is 54.2 Å². The maximum absolute atomic E-state index is 4.85. The van der Waals surface area contributed by atoms with Gasteiger partial charge in [-0.25, -0.2) is 9.67 Å². The van der Waals surface area contributed by atoms with Crippen molar-refractivity contribution >= 4 is 16.9 Å². The Kier molecular flexibility index (Phi) is 3.48. The molecule has 2 aromatic heterocycles. The van der Waals surface area contributed by atoms with Crippen LogP contribution in [0.25, 0.3) is 11.0 Å². The van der Waals surface area contributed by atoms with Crippen LogP contribution in [0.5, 0.6) is 0 Å². The molecule has 0 unspecified atom stereocenters. The summed E-state index contributed by atoms with van der Waals surface area (Å²) < 4.78 is 1.98. The van der Waals surface area contributed by atoms with E-state index in [-0.39, 0.29) is 0 Å². The van der Waals surface area contributed by atoms with Crippen LogP contribution in [0.4, 0.5) is 5.82 Å². The molecule has 112 valence electrons. The van der Waals surface area contributed by atoms with E-state index in [0.717, 1.165) is 49.6 Å². The maximum atomic E-state index is 4.85. The average molecular weight is 293 g/mol. The number of nitrogens with zero attached hydrogens (tertiary/aromatic N) is 4. The Morgan fingerprint density at radius 3 is 2.64 bits per heavy atom. The van der Waals surface area contributed by atoms with Gasteiger partial charge in [0, 0.05) is 31.6 Å². The zero-order chi connectivity index (χ0) is 14.8. The van der Waals surface area contributed by atoms with Gasteiger partial charge < -0.3 is 10.2 Å². The first-order valence-corrected chi connectivity index (χ1v) is 7.72. The second-order valence-electron chi connectivity index (χ2n) is 5.61. The van der Waals surface area contributed by atoms with Gasteiger partial charge in [0.05, 0.1) is 12.7 Å². The van der Waals surface area contributed by atoms with Crippen LogP contribution in [0.2, 0.25) is 0 Å². The van der Waals surface area contributed by atoms with Crippen molar-refractivity contribution in [3.8, 4) is 0 Å². The normalized spacial score (nSPS) is 15.4. The average Bonchev–Trinajstić information content (AvgIpc) is 2.99. The summed E-state index contributed by atoms with van der Waals surface area (Å²) in [4.78, 5) is 7.18. The molecule has 0 atom stereocenters. The Labute approximate surface area is 129 Å². The molecule has 1 N–H and O–H groups in total. The monoisotopic (exact) mass is 293 g/mol. The van der Waals surface area contributed by atoms with Gasteiger partial charge in [0.25, 0.3) is 0 Å². The zero-order valence-electron chi connectivity index (χ0n) is 12.4. The quantitative estimate of drug-likeness (QED) is 0.801. The van der Waals surface area contributed by atoms with E-state index < -0.39 is 0 Å². The van der Waals surface area contributed by atoms with E-state index >= 15 is 0 Å². The second kappa shape index (κ2) is 5.77. The van der Waals surface area contributed by atoms with E-state index in [2.05, 4.69) is 51.7 Å². The van der Waals surface area contributed by atoms with Crippen LogP contribution in [0.1, 0.15) is 5.56 Å². The smallest absolute Gasteiger partial charge is 0.160 e. The third-order valence-corrected chi connectivity index (χ3v) is 4.09. The molecule has 0 radical (unpaired) electrons. The van der Waals surface area contributed by atoms with Gasteiger partial charge in [-0.15, -0.1) is 0 Å². The first-order valence-electron chi connectivity index (χ1n) is 7.72. The summed E-state index contributed by atoms with van der Waals surface area (Å²) in [6.07, 6.45) is 1.90. The Morgan fingerprint density at radius 1 is 1.00 bits per heavy atom. The number of rotatable bonds is 3. The lowest BCUT2D eigenvalue weighted by Gasteiger charge is -2.28. The fourth-order valence-electron chi connectivity index (χ4n) is 2.89. The van der Waals surface area contributed by atoms with Crippen molar-refractivity contribution in [1.29, 1.82) is 0 Å². The van der Waals surface area contributed by atoms with E-state index in [9.17, 15) is 0 Å². The number of benzene rings is 1. The van der Waals surface area contributed by atoms with E-state index in [4.69, 9.17) is 4.98 Å². The van der Waals surface area contributed by atoms with Crippen molar-refractivity contribution in [3.63, 3.8) is 0 Å². The predicted molar refractivity (Wildman–Crippen MR) is 88.2 cm³/mol. The Balaban J connectivity index is 1.67. The van der Waals surface area contributed by atoms with Gasteiger partial charge in [0.15, 0.2) is 5.65 Å². The van der Waals surface area contributed by atoms with Gasteiger partial charge in [-0.3, -0.25) is 0 Å².